The van der Waals surface area contributed by atoms with Crippen molar-refractivity contribution in [1.82, 2.24) is 9.88 Å². The quantitative estimate of drug-likeness (QED) is 0.643. The lowest BCUT2D eigenvalue weighted by molar-refractivity contribution is 0.153. The average Bonchev–Trinajstić information content (AvgIpc) is 3.22. The van der Waals surface area contributed by atoms with Crippen LogP contribution in [0.5, 0.6) is 5.88 Å². The zero-order valence-corrected chi connectivity index (χ0v) is 16.9. The maximum atomic E-state index is 9.47. The second-order valence-electron chi connectivity index (χ2n) is 7.70. The minimum Gasteiger partial charge on any atom is -0.473 e. The highest BCUT2D eigenvalue weighted by Crippen LogP contribution is 2.26. The van der Waals surface area contributed by atoms with Gasteiger partial charge in [0.05, 0.1) is 6.61 Å². The van der Waals surface area contributed by atoms with Crippen LogP contribution in [0.2, 0.25) is 0 Å². The standard InChI is InChI=1S/C25H28N2O2/c1-19-22(9-5-11-24(19)21-7-3-2-4-8-21)18-29-25-13-12-20(15-26-25)16-27-14-6-10-23(27)17-28/h2-5,7-9,11-13,15,23,28H,6,10,14,16-18H2,1H3. The molecule has 1 unspecified atom stereocenters. The van der Waals surface area contributed by atoms with E-state index < -0.39 is 0 Å². The normalized spacial score (nSPS) is 16.8. The Bertz CT molecular complexity index is 925. The minimum atomic E-state index is 0.232. The minimum absolute atomic E-state index is 0.232. The lowest BCUT2D eigenvalue weighted by Gasteiger charge is -2.22. The van der Waals surface area contributed by atoms with Gasteiger partial charge < -0.3 is 9.84 Å². The molecule has 1 saturated heterocycles. The maximum absolute atomic E-state index is 9.47. The van der Waals surface area contributed by atoms with Crippen LogP contribution in [0.3, 0.4) is 0 Å². The van der Waals surface area contributed by atoms with Crippen LogP contribution in [0.25, 0.3) is 11.1 Å². The van der Waals surface area contributed by atoms with Crippen molar-refractivity contribution in [1.29, 1.82) is 0 Å². The molecule has 2 heterocycles. The van der Waals surface area contributed by atoms with Gasteiger partial charge in [0.25, 0.3) is 0 Å². The van der Waals surface area contributed by atoms with Crippen LogP contribution in [0.15, 0.2) is 66.9 Å². The molecule has 1 aliphatic rings. The van der Waals surface area contributed by atoms with Crippen LogP contribution in [-0.2, 0) is 13.2 Å². The number of aromatic nitrogens is 1. The highest BCUT2D eigenvalue weighted by Gasteiger charge is 2.23. The number of hydrogen-bond donors (Lipinski definition) is 1. The van der Waals surface area contributed by atoms with Gasteiger partial charge in [-0.3, -0.25) is 4.90 Å². The van der Waals surface area contributed by atoms with Crippen LogP contribution in [0.1, 0.15) is 29.5 Å². The molecule has 0 saturated carbocycles. The summed E-state index contributed by atoms with van der Waals surface area (Å²) in [6.45, 7) is 4.75. The van der Waals surface area contributed by atoms with Gasteiger partial charge in [-0.1, -0.05) is 54.6 Å². The fourth-order valence-electron chi connectivity index (χ4n) is 4.06. The third-order valence-corrected chi connectivity index (χ3v) is 5.80. The smallest absolute Gasteiger partial charge is 0.213 e. The van der Waals surface area contributed by atoms with Gasteiger partial charge in [0.1, 0.15) is 6.61 Å². The van der Waals surface area contributed by atoms with Gasteiger partial charge in [0.2, 0.25) is 5.88 Å². The summed E-state index contributed by atoms with van der Waals surface area (Å²) in [5.74, 6) is 0.637. The number of nitrogens with zero attached hydrogens (tertiary/aromatic N) is 2. The first-order valence-electron chi connectivity index (χ1n) is 10.3. The fraction of sp³-hybridized carbons (Fsp3) is 0.320. The van der Waals surface area contributed by atoms with Crippen LogP contribution >= 0.6 is 0 Å². The summed E-state index contributed by atoms with van der Waals surface area (Å²) in [6.07, 6.45) is 4.11. The van der Waals surface area contributed by atoms with Gasteiger partial charge in [0, 0.05) is 24.8 Å². The molecule has 1 aromatic heterocycles. The van der Waals surface area contributed by atoms with E-state index in [2.05, 4.69) is 65.3 Å². The lowest BCUT2D eigenvalue weighted by Crippen LogP contribution is -2.31. The Morgan fingerprint density at radius 3 is 2.69 bits per heavy atom. The molecule has 0 bridgehead atoms. The Morgan fingerprint density at radius 1 is 1.07 bits per heavy atom. The zero-order valence-electron chi connectivity index (χ0n) is 16.9. The molecule has 4 nitrogen and oxygen atoms in total. The molecule has 1 aliphatic heterocycles. The predicted molar refractivity (Wildman–Crippen MR) is 116 cm³/mol. The number of ether oxygens (including phenoxy) is 1. The molecule has 1 N–H and O–H groups in total. The van der Waals surface area contributed by atoms with Crippen molar-refractivity contribution in [3.8, 4) is 17.0 Å². The van der Waals surface area contributed by atoms with E-state index in [1.165, 1.54) is 22.3 Å². The lowest BCUT2D eigenvalue weighted by atomic mass is 9.97. The molecule has 1 atom stereocenters. The van der Waals surface area contributed by atoms with Crippen molar-refractivity contribution in [2.75, 3.05) is 13.2 Å². The molecule has 0 spiro atoms. The van der Waals surface area contributed by atoms with Gasteiger partial charge in [-0.2, -0.15) is 0 Å². The molecule has 4 rings (SSSR count). The second-order valence-corrected chi connectivity index (χ2v) is 7.70. The molecule has 0 radical (unpaired) electrons. The Morgan fingerprint density at radius 2 is 1.93 bits per heavy atom. The number of benzene rings is 2. The Kier molecular flexibility index (Phi) is 6.23. The fourth-order valence-corrected chi connectivity index (χ4v) is 4.06. The maximum Gasteiger partial charge on any atom is 0.213 e. The summed E-state index contributed by atoms with van der Waals surface area (Å²) < 4.78 is 5.97. The largest absolute Gasteiger partial charge is 0.473 e. The molecule has 0 aliphatic carbocycles. The number of hydrogen-bond acceptors (Lipinski definition) is 4. The monoisotopic (exact) mass is 388 g/mol. The predicted octanol–water partition coefficient (Wildman–Crippen LogP) is 4.59. The summed E-state index contributed by atoms with van der Waals surface area (Å²) >= 11 is 0. The molecule has 3 aromatic rings. The SMILES string of the molecule is Cc1c(COc2ccc(CN3CCCC3CO)cn2)cccc1-c1ccccc1. The van der Waals surface area contributed by atoms with E-state index in [1.54, 1.807) is 0 Å². The highest BCUT2D eigenvalue weighted by molar-refractivity contribution is 5.68. The molecule has 0 amide bonds. The molecule has 1 fully saturated rings. The Balaban J connectivity index is 1.39. The van der Waals surface area contributed by atoms with Gasteiger partial charge in [-0.05, 0) is 54.1 Å². The molecule has 29 heavy (non-hydrogen) atoms. The van der Waals surface area contributed by atoms with Crippen molar-refractivity contribution in [2.45, 2.75) is 39.0 Å². The van der Waals surface area contributed by atoms with E-state index in [1.807, 2.05) is 18.3 Å². The molecule has 2 aromatic carbocycles. The van der Waals surface area contributed by atoms with Crippen LogP contribution in [-0.4, -0.2) is 34.2 Å². The second kappa shape index (κ2) is 9.21. The summed E-state index contributed by atoms with van der Waals surface area (Å²) in [5.41, 5.74) is 6.01. The number of pyridine rings is 1. The van der Waals surface area contributed by atoms with E-state index in [-0.39, 0.29) is 12.6 Å². The summed E-state index contributed by atoms with van der Waals surface area (Å²) in [5, 5.41) is 9.47. The van der Waals surface area contributed by atoms with E-state index in [0.717, 1.165) is 31.5 Å². The van der Waals surface area contributed by atoms with E-state index in [9.17, 15) is 5.11 Å². The van der Waals surface area contributed by atoms with Crippen molar-refractivity contribution < 1.29 is 9.84 Å². The van der Waals surface area contributed by atoms with Crippen LogP contribution in [0.4, 0.5) is 0 Å². The first-order valence-corrected chi connectivity index (χ1v) is 10.3. The average molecular weight is 389 g/mol. The van der Waals surface area contributed by atoms with E-state index in [0.29, 0.717) is 12.5 Å². The van der Waals surface area contributed by atoms with Crippen molar-refractivity contribution >= 4 is 0 Å². The number of rotatable bonds is 7. The first kappa shape index (κ1) is 19.6. The number of aliphatic hydroxyl groups is 1. The first-order chi connectivity index (χ1) is 14.2. The van der Waals surface area contributed by atoms with E-state index >= 15 is 0 Å². The molecule has 150 valence electrons. The van der Waals surface area contributed by atoms with Crippen LogP contribution < -0.4 is 4.74 Å². The van der Waals surface area contributed by atoms with Gasteiger partial charge in [-0.15, -0.1) is 0 Å². The summed E-state index contributed by atoms with van der Waals surface area (Å²) in [7, 11) is 0. The number of aliphatic hydroxyl groups excluding tert-OH is 1. The summed E-state index contributed by atoms with van der Waals surface area (Å²) in [6, 6.07) is 21.1. The zero-order chi connectivity index (χ0) is 20.1. The molecular formula is C25H28N2O2. The van der Waals surface area contributed by atoms with E-state index in [4.69, 9.17) is 4.74 Å². The topological polar surface area (TPSA) is 45.6 Å². The Labute approximate surface area is 172 Å². The van der Waals surface area contributed by atoms with Gasteiger partial charge in [0.15, 0.2) is 0 Å². The Hall–Kier alpha value is -2.69. The molecular weight excluding hydrogens is 360 g/mol. The van der Waals surface area contributed by atoms with Gasteiger partial charge in [-0.25, -0.2) is 4.98 Å². The van der Waals surface area contributed by atoms with Crippen molar-refractivity contribution in [2.24, 2.45) is 0 Å². The summed E-state index contributed by atoms with van der Waals surface area (Å²) in [4.78, 5) is 6.81. The van der Waals surface area contributed by atoms with Crippen molar-refractivity contribution in [3.63, 3.8) is 0 Å². The number of likely N-dealkylation sites (tertiary alicyclic amines) is 1. The highest BCUT2D eigenvalue weighted by atomic mass is 16.5. The van der Waals surface area contributed by atoms with Gasteiger partial charge >= 0.3 is 0 Å². The third-order valence-electron chi connectivity index (χ3n) is 5.80. The third kappa shape index (κ3) is 4.66. The van der Waals surface area contributed by atoms with Crippen molar-refractivity contribution in [3.05, 3.63) is 83.6 Å². The van der Waals surface area contributed by atoms with Crippen LogP contribution in [0, 0.1) is 6.92 Å². The molecule has 4 heteroatoms.